The molecule has 0 aromatic heterocycles. The van der Waals surface area contributed by atoms with Crippen molar-refractivity contribution in [3.8, 4) is 5.75 Å². The van der Waals surface area contributed by atoms with Gasteiger partial charge in [-0.2, -0.15) is 5.10 Å². The lowest BCUT2D eigenvalue weighted by Crippen LogP contribution is -2.02. The summed E-state index contributed by atoms with van der Waals surface area (Å²) in [7, 11) is 1.35. The van der Waals surface area contributed by atoms with Crippen molar-refractivity contribution in [1.29, 1.82) is 0 Å². The number of nitrogens with one attached hydrogen (secondary N) is 1. The SMILES string of the molecule is COC(=O)c1ccc(COc2ccc(/C=N\Nc3ccc(F)cc3)cc2)cc1. The average Bonchev–Trinajstić information content (AvgIpc) is 2.74. The lowest BCUT2D eigenvalue weighted by Gasteiger charge is -2.07. The highest BCUT2D eigenvalue weighted by molar-refractivity contribution is 5.89. The molecule has 0 aliphatic heterocycles. The molecule has 0 amide bonds. The predicted octanol–water partition coefficient (Wildman–Crippen LogP) is 4.64. The summed E-state index contributed by atoms with van der Waals surface area (Å²) in [5.41, 5.74) is 5.88. The number of ether oxygens (including phenoxy) is 2. The van der Waals surface area contributed by atoms with E-state index in [9.17, 15) is 9.18 Å². The fraction of sp³-hybridized carbons (Fsp3) is 0.0909. The van der Waals surface area contributed by atoms with Crippen LogP contribution in [-0.4, -0.2) is 19.3 Å². The number of carbonyl (C=O) groups is 1. The van der Waals surface area contributed by atoms with E-state index in [-0.39, 0.29) is 11.8 Å². The Kier molecular flexibility index (Phi) is 6.36. The zero-order valence-electron chi connectivity index (χ0n) is 15.3. The lowest BCUT2D eigenvalue weighted by atomic mass is 10.1. The van der Waals surface area contributed by atoms with Crippen LogP contribution < -0.4 is 10.2 Å². The Balaban J connectivity index is 1.50. The molecule has 0 unspecified atom stereocenters. The molecular formula is C22H19FN2O3. The van der Waals surface area contributed by atoms with Crippen LogP contribution in [-0.2, 0) is 11.3 Å². The van der Waals surface area contributed by atoms with Gasteiger partial charge in [-0.15, -0.1) is 0 Å². The summed E-state index contributed by atoms with van der Waals surface area (Å²) in [6.45, 7) is 0.390. The minimum Gasteiger partial charge on any atom is -0.489 e. The molecule has 3 aromatic rings. The van der Waals surface area contributed by atoms with Gasteiger partial charge in [0.1, 0.15) is 18.2 Å². The predicted molar refractivity (Wildman–Crippen MR) is 106 cm³/mol. The minimum atomic E-state index is -0.362. The Labute approximate surface area is 162 Å². The van der Waals surface area contributed by atoms with Crippen LogP contribution >= 0.6 is 0 Å². The summed E-state index contributed by atoms with van der Waals surface area (Å²) >= 11 is 0. The molecule has 0 aliphatic rings. The molecule has 0 spiro atoms. The maximum atomic E-state index is 12.9. The van der Waals surface area contributed by atoms with Crippen molar-refractivity contribution in [2.75, 3.05) is 12.5 Å². The monoisotopic (exact) mass is 378 g/mol. The Morgan fingerprint density at radius 2 is 1.68 bits per heavy atom. The van der Waals surface area contributed by atoms with E-state index in [1.54, 1.807) is 30.5 Å². The Morgan fingerprint density at radius 1 is 1.00 bits per heavy atom. The average molecular weight is 378 g/mol. The van der Waals surface area contributed by atoms with Crippen LogP contribution in [0.4, 0.5) is 10.1 Å². The Bertz CT molecular complexity index is 937. The van der Waals surface area contributed by atoms with E-state index in [1.807, 2.05) is 36.4 Å². The standard InChI is InChI=1S/C22H19FN2O3/c1-27-22(26)18-6-2-17(3-7-18)15-28-21-12-4-16(5-13-21)14-24-25-20-10-8-19(23)9-11-20/h2-14,25H,15H2,1H3/b24-14-. The fourth-order valence-corrected chi connectivity index (χ4v) is 2.38. The van der Waals surface area contributed by atoms with Crippen LogP contribution in [0.15, 0.2) is 77.9 Å². The summed E-state index contributed by atoms with van der Waals surface area (Å²) in [6, 6.07) is 20.5. The number of nitrogens with zero attached hydrogens (tertiary/aromatic N) is 1. The van der Waals surface area contributed by atoms with Gasteiger partial charge >= 0.3 is 5.97 Å². The number of benzene rings is 3. The van der Waals surface area contributed by atoms with Gasteiger partial charge in [0.15, 0.2) is 0 Å². The van der Waals surface area contributed by atoms with Gasteiger partial charge in [-0.25, -0.2) is 9.18 Å². The first-order valence-electron chi connectivity index (χ1n) is 8.59. The molecule has 5 nitrogen and oxygen atoms in total. The molecule has 142 valence electrons. The molecule has 3 rings (SSSR count). The van der Waals surface area contributed by atoms with E-state index < -0.39 is 0 Å². The summed E-state index contributed by atoms with van der Waals surface area (Å²) in [6.07, 6.45) is 1.67. The molecule has 0 saturated carbocycles. The van der Waals surface area contributed by atoms with E-state index in [4.69, 9.17) is 4.74 Å². The van der Waals surface area contributed by atoms with Gasteiger partial charge in [0.25, 0.3) is 0 Å². The van der Waals surface area contributed by atoms with E-state index >= 15 is 0 Å². The number of esters is 1. The topological polar surface area (TPSA) is 59.9 Å². The van der Waals surface area contributed by atoms with Gasteiger partial charge in [-0.1, -0.05) is 12.1 Å². The third-order valence-electron chi connectivity index (χ3n) is 3.91. The number of halogens is 1. The lowest BCUT2D eigenvalue weighted by molar-refractivity contribution is 0.0600. The van der Waals surface area contributed by atoms with Crippen LogP contribution in [0.2, 0.25) is 0 Å². The molecule has 0 saturated heterocycles. The molecule has 0 aliphatic carbocycles. The number of hydrogen-bond acceptors (Lipinski definition) is 5. The molecule has 0 atom stereocenters. The molecule has 0 bridgehead atoms. The second-order valence-electron chi connectivity index (χ2n) is 5.92. The Morgan fingerprint density at radius 3 is 2.32 bits per heavy atom. The van der Waals surface area contributed by atoms with Crippen LogP contribution in [0, 0.1) is 5.82 Å². The van der Waals surface area contributed by atoms with Crippen molar-refractivity contribution < 1.29 is 18.7 Å². The number of hydrogen-bond donors (Lipinski definition) is 1. The fourth-order valence-electron chi connectivity index (χ4n) is 2.38. The van der Waals surface area contributed by atoms with E-state index in [0.29, 0.717) is 17.9 Å². The largest absolute Gasteiger partial charge is 0.489 e. The normalized spacial score (nSPS) is 10.6. The molecule has 28 heavy (non-hydrogen) atoms. The number of methoxy groups -OCH3 is 1. The summed E-state index contributed by atoms with van der Waals surface area (Å²) < 4.78 is 23.3. The first-order chi connectivity index (χ1) is 13.6. The van der Waals surface area contributed by atoms with Crippen molar-refractivity contribution in [2.45, 2.75) is 6.61 Å². The van der Waals surface area contributed by atoms with Crippen molar-refractivity contribution in [3.63, 3.8) is 0 Å². The summed E-state index contributed by atoms with van der Waals surface area (Å²) in [5.74, 6) is 0.0730. The van der Waals surface area contributed by atoms with Crippen LogP contribution in [0.25, 0.3) is 0 Å². The highest BCUT2D eigenvalue weighted by Crippen LogP contribution is 2.15. The van der Waals surface area contributed by atoms with Gasteiger partial charge in [-0.3, -0.25) is 5.43 Å². The van der Waals surface area contributed by atoms with E-state index in [0.717, 1.165) is 16.9 Å². The van der Waals surface area contributed by atoms with E-state index in [2.05, 4.69) is 15.3 Å². The van der Waals surface area contributed by atoms with Crippen molar-refractivity contribution >= 4 is 17.9 Å². The van der Waals surface area contributed by atoms with E-state index in [1.165, 1.54) is 19.2 Å². The highest BCUT2D eigenvalue weighted by Gasteiger charge is 2.04. The second kappa shape index (κ2) is 9.32. The minimum absolute atomic E-state index is 0.287. The van der Waals surface area contributed by atoms with Gasteiger partial charge in [-0.05, 0) is 71.8 Å². The van der Waals surface area contributed by atoms with Gasteiger partial charge in [0.2, 0.25) is 0 Å². The molecule has 1 N–H and O–H groups in total. The molecule has 0 heterocycles. The first-order valence-corrected chi connectivity index (χ1v) is 8.59. The summed E-state index contributed by atoms with van der Waals surface area (Å²) in [4.78, 5) is 11.4. The van der Waals surface area contributed by atoms with Crippen LogP contribution in [0.3, 0.4) is 0 Å². The third kappa shape index (κ3) is 5.41. The maximum Gasteiger partial charge on any atom is 0.337 e. The zero-order chi connectivity index (χ0) is 19.8. The van der Waals surface area contributed by atoms with Crippen LogP contribution in [0.1, 0.15) is 21.5 Å². The number of hydrazone groups is 1. The second-order valence-corrected chi connectivity index (χ2v) is 5.92. The number of rotatable bonds is 7. The molecule has 0 radical (unpaired) electrons. The van der Waals surface area contributed by atoms with Crippen LogP contribution in [0.5, 0.6) is 5.75 Å². The molecule has 3 aromatic carbocycles. The number of carbonyl (C=O) groups excluding carboxylic acids is 1. The Hall–Kier alpha value is -3.67. The number of anilines is 1. The van der Waals surface area contributed by atoms with Gasteiger partial charge < -0.3 is 9.47 Å². The van der Waals surface area contributed by atoms with Crippen molar-refractivity contribution in [3.05, 3.63) is 95.3 Å². The quantitative estimate of drug-likeness (QED) is 0.370. The van der Waals surface area contributed by atoms with Gasteiger partial charge in [0, 0.05) is 0 Å². The van der Waals surface area contributed by atoms with Crippen molar-refractivity contribution in [2.24, 2.45) is 5.10 Å². The maximum absolute atomic E-state index is 12.9. The highest BCUT2D eigenvalue weighted by atomic mass is 19.1. The smallest absolute Gasteiger partial charge is 0.337 e. The first kappa shape index (κ1) is 19.1. The van der Waals surface area contributed by atoms with Crippen molar-refractivity contribution in [1.82, 2.24) is 0 Å². The zero-order valence-corrected chi connectivity index (χ0v) is 15.3. The molecule has 6 heteroatoms. The third-order valence-corrected chi connectivity index (χ3v) is 3.91. The molecular weight excluding hydrogens is 359 g/mol. The summed E-state index contributed by atoms with van der Waals surface area (Å²) in [5, 5.41) is 4.12. The molecule has 0 fully saturated rings. The van der Waals surface area contributed by atoms with Gasteiger partial charge in [0.05, 0.1) is 24.6 Å².